The van der Waals surface area contributed by atoms with Crippen molar-refractivity contribution in [1.82, 2.24) is 24.9 Å². The number of aromatic nitrogens is 4. The van der Waals surface area contributed by atoms with E-state index in [1.54, 1.807) is 32.3 Å². The number of hydrogen-bond acceptors (Lipinski definition) is 8. The van der Waals surface area contributed by atoms with E-state index in [2.05, 4.69) is 20.9 Å². The first-order valence-corrected chi connectivity index (χ1v) is 13.9. The van der Waals surface area contributed by atoms with Gasteiger partial charge in [0.25, 0.3) is 17.6 Å². The Kier molecular flexibility index (Phi) is 6.79. The third-order valence-electron chi connectivity index (χ3n) is 8.17. The van der Waals surface area contributed by atoms with E-state index in [4.69, 9.17) is 9.47 Å². The Morgan fingerprint density at radius 3 is 2.50 bits per heavy atom. The van der Waals surface area contributed by atoms with Crippen LogP contribution >= 0.6 is 0 Å². The number of rotatable bonds is 8. The molecule has 6 rings (SSSR count). The van der Waals surface area contributed by atoms with E-state index in [0.717, 1.165) is 23.3 Å². The highest BCUT2D eigenvalue weighted by atomic mass is 19.2. The van der Waals surface area contributed by atoms with E-state index < -0.39 is 46.2 Å². The predicted molar refractivity (Wildman–Crippen MR) is 149 cm³/mol. The number of carbonyl (C=O) groups excluding carboxylic acids is 4. The number of hydrogen-bond donors (Lipinski definition) is 2. The second kappa shape index (κ2) is 10.2. The molecular formula is C30H30F2N6O6. The van der Waals surface area contributed by atoms with Crippen molar-refractivity contribution in [1.29, 1.82) is 0 Å². The Morgan fingerprint density at radius 2 is 1.86 bits per heavy atom. The molecule has 0 spiro atoms. The van der Waals surface area contributed by atoms with Gasteiger partial charge in [-0.1, -0.05) is 5.21 Å². The van der Waals surface area contributed by atoms with E-state index >= 15 is 0 Å². The minimum absolute atomic E-state index is 0.0371. The zero-order valence-corrected chi connectivity index (χ0v) is 24.7. The van der Waals surface area contributed by atoms with Gasteiger partial charge in [0.2, 0.25) is 0 Å². The van der Waals surface area contributed by atoms with Crippen LogP contribution in [0.5, 0.6) is 0 Å². The van der Waals surface area contributed by atoms with Gasteiger partial charge in [0.15, 0.2) is 18.4 Å². The van der Waals surface area contributed by atoms with Crippen LogP contribution in [0.4, 0.5) is 14.5 Å². The fourth-order valence-corrected chi connectivity index (χ4v) is 5.61. The molecule has 3 aliphatic rings. The number of amides is 2. The molecule has 14 heteroatoms. The van der Waals surface area contributed by atoms with Crippen molar-refractivity contribution in [3.8, 4) is 0 Å². The molecule has 4 heterocycles. The number of carbonyl (C=O) groups is 4. The van der Waals surface area contributed by atoms with Crippen molar-refractivity contribution in [2.75, 3.05) is 18.5 Å². The number of ketones is 1. The topological polar surface area (TPSA) is 146 Å². The summed E-state index contributed by atoms with van der Waals surface area (Å²) in [7, 11) is 0. The van der Waals surface area contributed by atoms with Gasteiger partial charge in [-0.05, 0) is 63.5 Å². The molecule has 12 nitrogen and oxygen atoms in total. The summed E-state index contributed by atoms with van der Waals surface area (Å²) in [6.07, 6.45) is 1.91. The summed E-state index contributed by atoms with van der Waals surface area (Å²) in [6.45, 7) is 8.57. The van der Waals surface area contributed by atoms with Crippen LogP contribution in [-0.4, -0.2) is 56.3 Å². The first kappa shape index (κ1) is 29.4. The van der Waals surface area contributed by atoms with Crippen LogP contribution in [0.3, 0.4) is 0 Å². The number of esters is 1. The Hall–Kier alpha value is -4.72. The van der Waals surface area contributed by atoms with Gasteiger partial charge in [0, 0.05) is 23.9 Å². The van der Waals surface area contributed by atoms with Crippen molar-refractivity contribution >= 4 is 29.3 Å². The average molecular weight is 609 g/mol. The van der Waals surface area contributed by atoms with Crippen LogP contribution in [0.25, 0.3) is 0 Å². The van der Waals surface area contributed by atoms with Crippen LogP contribution < -0.4 is 10.6 Å². The predicted octanol–water partition coefficient (Wildman–Crippen LogP) is 3.12. The highest BCUT2D eigenvalue weighted by molar-refractivity contribution is 6.44. The number of anilines is 1. The summed E-state index contributed by atoms with van der Waals surface area (Å²) in [5.41, 5.74) is 1.76. The molecule has 0 radical (unpaired) electrons. The number of nitrogens with one attached hydrogen (secondary N) is 2. The average Bonchev–Trinajstić information content (AvgIpc) is 3.29. The maximum absolute atomic E-state index is 13.8. The summed E-state index contributed by atoms with van der Waals surface area (Å²) < 4.78 is 40.9. The second-order valence-corrected chi connectivity index (χ2v) is 12.3. The maximum atomic E-state index is 13.8. The molecule has 0 saturated carbocycles. The van der Waals surface area contributed by atoms with Crippen LogP contribution in [0.2, 0.25) is 0 Å². The van der Waals surface area contributed by atoms with E-state index in [0.29, 0.717) is 23.4 Å². The van der Waals surface area contributed by atoms with Crippen molar-refractivity contribution in [2.24, 2.45) is 5.41 Å². The lowest BCUT2D eigenvalue weighted by atomic mass is 9.92. The fraction of sp³-hybridized carbons (Fsp3) is 0.400. The number of ether oxygens (including phenoxy) is 2. The smallest absolute Gasteiger partial charge is 0.313 e. The quantitative estimate of drug-likeness (QED) is 0.172. The van der Waals surface area contributed by atoms with Gasteiger partial charge in [-0.25, -0.2) is 13.5 Å². The molecule has 2 N–H and O–H groups in total. The lowest BCUT2D eigenvalue weighted by Crippen LogP contribution is -2.60. The van der Waals surface area contributed by atoms with Crippen LogP contribution in [0.15, 0.2) is 35.5 Å². The molecule has 2 amide bonds. The van der Waals surface area contributed by atoms with Crippen LogP contribution in [0.1, 0.15) is 71.5 Å². The van der Waals surface area contributed by atoms with E-state index in [9.17, 15) is 28.0 Å². The zero-order chi connectivity index (χ0) is 31.7. The van der Waals surface area contributed by atoms with Gasteiger partial charge in [0.1, 0.15) is 16.9 Å². The number of nitrogens with zero attached hydrogens (tertiary/aromatic N) is 4. The Labute approximate surface area is 250 Å². The number of allylic oxidation sites excluding steroid dienone is 2. The molecule has 1 aliphatic carbocycles. The molecular weight excluding hydrogens is 578 g/mol. The molecule has 44 heavy (non-hydrogen) atoms. The van der Waals surface area contributed by atoms with Gasteiger partial charge >= 0.3 is 5.97 Å². The third-order valence-corrected chi connectivity index (χ3v) is 8.17. The molecule has 1 atom stereocenters. The SMILES string of the molecule is CC1=C2Cc3c(C(=O)C(=O)NC4(c5cn(COC(=O)C(C)(C)C)nn5)COC4)c(C)c(C(=O)Nc4ccc(F)c(F)c4)n3[C@H]12. The number of Topliss-reactive ketones (excluding diaryl/α,β-unsaturated/α-hetero) is 1. The Bertz CT molecular complexity index is 1800. The molecule has 230 valence electrons. The summed E-state index contributed by atoms with van der Waals surface area (Å²) >= 11 is 0. The summed E-state index contributed by atoms with van der Waals surface area (Å²) in [4.78, 5) is 52.8. The minimum atomic E-state index is -1.13. The summed E-state index contributed by atoms with van der Waals surface area (Å²) in [5.74, 6) is -4.97. The van der Waals surface area contributed by atoms with Gasteiger partial charge in [-0.2, -0.15) is 0 Å². The van der Waals surface area contributed by atoms with Crippen LogP contribution in [0, 0.1) is 24.0 Å². The van der Waals surface area contributed by atoms with Gasteiger partial charge in [-0.3, -0.25) is 19.2 Å². The molecule has 2 aliphatic heterocycles. The molecule has 0 unspecified atom stereocenters. The summed E-state index contributed by atoms with van der Waals surface area (Å²) in [6, 6.07) is 2.83. The lowest BCUT2D eigenvalue weighted by Gasteiger charge is -2.40. The first-order valence-electron chi connectivity index (χ1n) is 13.9. The molecule has 0 bridgehead atoms. The highest BCUT2D eigenvalue weighted by Crippen LogP contribution is 2.54. The molecule has 1 aromatic carbocycles. The number of fused-ring (bicyclic) bond motifs is 3. The van der Waals surface area contributed by atoms with Gasteiger partial charge in [-0.15, -0.1) is 5.10 Å². The van der Waals surface area contributed by atoms with E-state index in [-0.39, 0.29) is 42.9 Å². The molecule has 3 aromatic rings. The molecule has 1 fully saturated rings. The largest absolute Gasteiger partial charge is 0.442 e. The Morgan fingerprint density at radius 1 is 1.14 bits per heavy atom. The van der Waals surface area contributed by atoms with Gasteiger partial charge < -0.3 is 24.7 Å². The molecule has 2 aromatic heterocycles. The minimum Gasteiger partial charge on any atom is -0.442 e. The second-order valence-electron chi connectivity index (χ2n) is 12.3. The van der Waals surface area contributed by atoms with E-state index in [1.807, 2.05) is 6.92 Å². The first-order chi connectivity index (χ1) is 20.7. The summed E-state index contributed by atoms with van der Waals surface area (Å²) in [5, 5.41) is 13.4. The lowest BCUT2D eigenvalue weighted by molar-refractivity contribution is -0.157. The van der Waals surface area contributed by atoms with Crippen molar-refractivity contribution < 1.29 is 37.4 Å². The fourth-order valence-electron chi connectivity index (χ4n) is 5.61. The highest BCUT2D eigenvalue weighted by Gasteiger charge is 2.49. The molecule has 1 saturated heterocycles. The monoisotopic (exact) mass is 608 g/mol. The van der Waals surface area contributed by atoms with Gasteiger partial charge in [0.05, 0.1) is 36.4 Å². The van der Waals surface area contributed by atoms with Crippen LogP contribution in [-0.2, 0) is 37.8 Å². The third kappa shape index (κ3) is 4.78. The number of benzene rings is 1. The normalized spacial score (nSPS) is 17.8. The Balaban J connectivity index is 1.24. The maximum Gasteiger partial charge on any atom is 0.313 e. The zero-order valence-electron chi connectivity index (χ0n) is 24.7. The van der Waals surface area contributed by atoms with Crippen molar-refractivity contribution in [3.05, 3.63) is 75.4 Å². The van der Waals surface area contributed by atoms with Crippen molar-refractivity contribution in [2.45, 2.75) is 59.4 Å². The van der Waals surface area contributed by atoms with E-state index in [1.165, 1.54) is 16.9 Å². The van der Waals surface area contributed by atoms with Crippen molar-refractivity contribution in [3.63, 3.8) is 0 Å². The number of halogens is 2. The standard InChI is InChI=1S/C30H30F2N6O6/c1-14-17-9-20-22(15(2)24(38(20)23(14)17)26(40)33-16-6-7-18(31)19(32)8-16)25(39)27(41)34-30(11-43-12-30)21-10-37(36-35-21)13-44-28(42)29(3,4)5/h6-8,10,23H,9,11-13H2,1-5H3,(H,33,40)(H,34,41)/t23-/m1/s1.